The standard InChI is InChI=1S/C13H19NO.C2H8Si.CH2.2ClH.Ti/c1-8(2)10-6-5-7-11(9(3)4)12(10)13(14)15;1-3-2;;;;/h5-9H,1-4H3,(H2,14,15);3H2,1-2H3;1H2;2*1H;/q;;;;;+2/p-3. The zero-order valence-electron chi connectivity index (χ0n) is 14.5. The zero-order chi connectivity index (χ0) is 16.3. The van der Waals surface area contributed by atoms with E-state index in [4.69, 9.17) is 5.73 Å². The molecule has 1 aromatic rings. The van der Waals surface area contributed by atoms with Crippen LogP contribution in [0.15, 0.2) is 18.2 Å². The van der Waals surface area contributed by atoms with Gasteiger partial charge in [-0.15, -0.1) is 0 Å². The Morgan fingerprint density at radius 3 is 1.50 bits per heavy atom. The van der Waals surface area contributed by atoms with E-state index in [1.165, 1.54) is 0 Å². The Kier molecular flexibility index (Phi) is 23.8. The molecular weight excluding hydrogens is 369 g/mol. The number of hydrogen-bond acceptors (Lipinski definition) is 1. The van der Waals surface area contributed by atoms with E-state index in [1.54, 1.807) is 20.0 Å². The van der Waals surface area contributed by atoms with Crippen molar-refractivity contribution < 1.29 is 49.6 Å². The third-order valence-electron chi connectivity index (χ3n) is 2.60. The van der Waals surface area contributed by atoms with Crippen molar-refractivity contribution in [2.75, 3.05) is 0 Å². The monoisotopic (exact) mass is 396 g/mol. The second kappa shape index (κ2) is 17.4. The van der Waals surface area contributed by atoms with Gasteiger partial charge in [0, 0.05) is 15.1 Å². The van der Waals surface area contributed by atoms with Gasteiger partial charge in [-0.2, -0.15) is 0 Å². The van der Waals surface area contributed by atoms with Crippen molar-refractivity contribution in [3.63, 3.8) is 0 Å². The van der Waals surface area contributed by atoms with Crippen LogP contribution in [0.25, 0.3) is 5.73 Å². The van der Waals surface area contributed by atoms with Gasteiger partial charge in [0.05, 0.1) is 5.91 Å². The largest absolute Gasteiger partial charge is 1.00 e. The molecule has 0 spiro atoms. The summed E-state index contributed by atoms with van der Waals surface area (Å²) in [4.78, 5) is 14.6. The summed E-state index contributed by atoms with van der Waals surface area (Å²) >= 11 is 1.75. The molecule has 0 unspecified atom stereocenters. The van der Waals surface area contributed by atoms with Crippen LogP contribution in [0.5, 0.6) is 0 Å². The fraction of sp³-hybridized carbons (Fsp3) is 0.500. The van der Waals surface area contributed by atoms with Gasteiger partial charge in [-0.3, -0.25) is 0 Å². The molecular formula is C16H28Cl2NOSiTi-. The van der Waals surface area contributed by atoms with Crippen LogP contribution in [0.2, 0.25) is 13.1 Å². The minimum Gasteiger partial charge on any atom is -1.00 e. The SMILES string of the molecule is CC(C)c1cccc(C(C)C)c1C([NH-])=O.C[SiH2]C.[CH2]=[Ti+2].[Cl-].[Cl-]. The van der Waals surface area contributed by atoms with Crippen LogP contribution in [0.1, 0.15) is 61.0 Å². The Morgan fingerprint density at radius 2 is 1.32 bits per heavy atom. The first-order chi connectivity index (χ1) is 9.36. The van der Waals surface area contributed by atoms with Gasteiger partial charge in [0.2, 0.25) is 0 Å². The van der Waals surface area contributed by atoms with Gasteiger partial charge in [-0.1, -0.05) is 59.0 Å². The van der Waals surface area contributed by atoms with Crippen LogP contribution in [0.4, 0.5) is 0 Å². The van der Waals surface area contributed by atoms with Gasteiger partial charge in [0.1, 0.15) is 0 Å². The van der Waals surface area contributed by atoms with Gasteiger partial charge in [0.15, 0.2) is 0 Å². The predicted molar refractivity (Wildman–Crippen MR) is 90.7 cm³/mol. The summed E-state index contributed by atoms with van der Waals surface area (Å²) in [5.41, 5.74) is 9.92. The topological polar surface area (TPSA) is 40.9 Å². The molecule has 1 aromatic carbocycles. The third kappa shape index (κ3) is 10.7. The normalized spacial score (nSPS) is 8.64. The summed E-state index contributed by atoms with van der Waals surface area (Å²) in [7, 11) is 0.417. The number of nitrogens with one attached hydrogen (secondary N) is 1. The molecule has 0 saturated carbocycles. The molecule has 0 saturated heterocycles. The average Bonchev–Trinajstić information content (AvgIpc) is 2.40. The summed E-state index contributed by atoms with van der Waals surface area (Å²) in [5, 5.41) is 0. The molecule has 0 aliphatic rings. The van der Waals surface area contributed by atoms with E-state index in [2.05, 4.69) is 17.9 Å². The summed E-state index contributed by atoms with van der Waals surface area (Å²) in [5.74, 6) is 0.00370. The Morgan fingerprint density at radius 1 is 1.05 bits per heavy atom. The molecule has 0 fully saturated rings. The van der Waals surface area contributed by atoms with Crippen molar-refractivity contribution in [2.45, 2.75) is 52.6 Å². The van der Waals surface area contributed by atoms with Crippen molar-refractivity contribution in [3.8, 4) is 0 Å². The van der Waals surface area contributed by atoms with Crippen LogP contribution in [-0.2, 0) is 20.0 Å². The number of hydrogen-bond donors (Lipinski definition) is 0. The molecule has 1 rings (SSSR count). The van der Waals surface area contributed by atoms with Crippen molar-refractivity contribution >= 4 is 20.2 Å². The van der Waals surface area contributed by atoms with Crippen LogP contribution in [0, 0.1) is 0 Å². The predicted octanol–water partition coefficient (Wildman–Crippen LogP) is -1.65. The number of carbonyl (C=O) groups excluding carboxylic acids is 1. The van der Waals surface area contributed by atoms with E-state index in [0.29, 0.717) is 15.1 Å². The number of amides is 1. The first kappa shape index (κ1) is 30.0. The molecule has 6 heteroatoms. The summed E-state index contributed by atoms with van der Waals surface area (Å²) < 4.78 is 0. The van der Waals surface area contributed by atoms with Gasteiger partial charge >= 0.3 is 24.8 Å². The van der Waals surface area contributed by atoms with Gasteiger partial charge in [-0.25, -0.2) is 0 Å². The van der Waals surface area contributed by atoms with Crippen LogP contribution < -0.4 is 24.8 Å². The molecule has 1 N–H and O–H groups in total. The van der Waals surface area contributed by atoms with E-state index < -0.39 is 5.91 Å². The fourth-order valence-electron chi connectivity index (χ4n) is 1.81. The molecule has 0 bridgehead atoms. The maximum absolute atomic E-state index is 11.4. The molecule has 22 heavy (non-hydrogen) atoms. The first-order valence-electron chi connectivity index (χ1n) is 7.10. The molecule has 0 heterocycles. The maximum Gasteiger partial charge on any atom is -1.00 e. The Bertz CT molecular complexity index is 389. The Hall–Kier alpha value is 0.0712. The van der Waals surface area contributed by atoms with E-state index in [-0.39, 0.29) is 36.6 Å². The minimum absolute atomic E-state index is 0. The number of benzene rings is 1. The summed E-state index contributed by atoms with van der Waals surface area (Å²) in [6.07, 6.45) is 0. The molecule has 0 aliphatic carbocycles. The summed E-state index contributed by atoms with van der Waals surface area (Å²) in [6.45, 7) is 12.7. The van der Waals surface area contributed by atoms with Gasteiger partial charge in [0.25, 0.3) is 0 Å². The molecule has 2 nitrogen and oxygen atoms in total. The molecule has 0 aliphatic heterocycles. The second-order valence-electron chi connectivity index (χ2n) is 5.16. The van der Waals surface area contributed by atoms with Crippen LogP contribution >= 0.6 is 0 Å². The number of halogens is 2. The van der Waals surface area contributed by atoms with Crippen molar-refractivity contribution in [1.29, 1.82) is 0 Å². The summed E-state index contributed by atoms with van der Waals surface area (Å²) in [6, 6.07) is 5.85. The minimum atomic E-state index is -0.567. The molecule has 0 radical (unpaired) electrons. The van der Waals surface area contributed by atoms with Crippen LogP contribution in [-0.4, -0.2) is 20.2 Å². The van der Waals surface area contributed by atoms with E-state index >= 15 is 0 Å². The van der Waals surface area contributed by atoms with Gasteiger partial charge in [-0.05, 0) is 23.0 Å². The molecule has 0 aromatic heterocycles. The van der Waals surface area contributed by atoms with Gasteiger partial charge < -0.3 is 35.3 Å². The Balaban J connectivity index is -0.000000207. The first-order valence-corrected chi connectivity index (χ1v) is 11.0. The van der Waals surface area contributed by atoms with Crippen molar-refractivity contribution in [3.05, 3.63) is 40.6 Å². The van der Waals surface area contributed by atoms with Crippen molar-refractivity contribution in [1.82, 2.24) is 0 Å². The number of carbonyl (C=O) groups is 1. The smallest absolute Gasteiger partial charge is 1.00 e. The fourth-order valence-corrected chi connectivity index (χ4v) is 1.81. The maximum atomic E-state index is 11.4. The molecule has 0 atom stereocenters. The Labute approximate surface area is 162 Å². The quantitative estimate of drug-likeness (QED) is 0.564. The van der Waals surface area contributed by atoms with E-state index in [0.717, 1.165) is 11.1 Å². The van der Waals surface area contributed by atoms with Crippen molar-refractivity contribution in [2.24, 2.45) is 0 Å². The van der Waals surface area contributed by atoms with E-state index in [9.17, 15) is 4.79 Å². The zero-order valence-corrected chi connectivity index (χ0v) is 19.0. The molecule has 126 valence electrons. The molecule has 1 amide bonds. The second-order valence-corrected chi connectivity index (χ2v) is 6.57. The van der Waals surface area contributed by atoms with E-state index in [1.807, 2.05) is 45.9 Å². The third-order valence-corrected chi connectivity index (χ3v) is 2.60. The average molecular weight is 397 g/mol. The number of rotatable bonds is 3. The van der Waals surface area contributed by atoms with Crippen LogP contribution in [0.3, 0.4) is 0 Å².